The Labute approximate surface area is 292 Å². The van der Waals surface area contributed by atoms with E-state index in [-0.39, 0.29) is 72.2 Å². The molecule has 2 atom stereocenters. The van der Waals surface area contributed by atoms with Crippen LogP contribution in [0, 0.1) is 12.7 Å². The lowest BCUT2D eigenvalue weighted by Gasteiger charge is -2.35. The second-order valence-corrected chi connectivity index (χ2v) is 14.1. The maximum Gasteiger partial charge on any atom is 0.413 e. The molecule has 0 bridgehead atoms. The Morgan fingerprint density at radius 2 is 1.67 bits per heavy atom. The number of hydrogen-bond donors (Lipinski definition) is 3. The second kappa shape index (κ2) is 14.0. The highest BCUT2D eigenvalue weighted by molar-refractivity contribution is 6.05. The first-order valence-corrected chi connectivity index (χ1v) is 16.2. The number of carbonyl (C=O) groups excluding carboxylic acids is 3. The summed E-state index contributed by atoms with van der Waals surface area (Å²) in [4.78, 5) is 60.8. The number of likely N-dealkylation sites (tertiary alicyclic amines) is 1. The number of benzene rings is 1. The fourth-order valence-corrected chi connectivity index (χ4v) is 5.64. The number of anilines is 3. The van der Waals surface area contributed by atoms with Crippen LogP contribution in [0.4, 0.5) is 45.2 Å². The third-order valence-electron chi connectivity index (χ3n) is 7.83. The number of nitrogens with zero attached hydrogens (tertiary/aromatic N) is 4. The molecular weight excluding hydrogens is 674 g/mol. The van der Waals surface area contributed by atoms with E-state index in [1.54, 1.807) is 48.5 Å². The van der Waals surface area contributed by atoms with Crippen LogP contribution in [0.1, 0.15) is 53.5 Å². The third kappa shape index (κ3) is 8.46. The smallest absolute Gasteiger partial charge is 0.413 e. The van der Waals surface area contributed by atoms with Crippen LogP contribution < -0.4 is 20.3 Å². The lowest BCUT2D eigenvalue weighted by molar-refractivity contribution is -0.0213. The van der Waals surface area contributed by atoms with Gasteiger partial charge < -0.3 is 29.0 Å². The van der Waals surface area contributed by atoms with Gasteiger partial charge >= 0.3 is 24.4 Å². The molecule has 0 spiro atoms. The Morgan fingerprint density at radius 1 is 0.961 bits per heavy atom. The zero-order chi connectivity index (χ0) is 37.4. The van der Waals surface area contributed by atoms with E-state index >= 15 is 8.78 Å². The molecular formula is C34H40F2N6O9. The van der Waals surface area contributed by atoms with E-state index in [0.29, 0.717) is 10.9 Å². The summed E-state index contributed by atoms with van der Waals surface area (Å²) in [5.74, 6) is -0.857. The fraction of sp³-hybridized carbons (Fsp3) is 0.471. The molecule has 51 heavy (non-hydrogen) atoms. The lowest BCUT2D eigenvalue weighted by atomic mass is 9.96. The summed E-state index contributed by atoms with van der Waals surface area (Å²) < 4.78 is 53.0. The highest BCUT2D eigenvalue weighted by Gasteiger charge is 2.36. The predicted molar refractivity (Wildman–Crippen MR) is 182 cm³/mol. The average Bonchev–Trinajstić information content (AvgIpc) is 3.01. The summed E-state index contributed by atoms with van der Waals surface area (Å²) >= 11 is 0. The molecule has 2 aliphatic heterocycles. The summed E-state index contributed by atoms with van der Waals surface area (Å²) in [7, 11) is 0. The van der Waals surface area contributed by atoms with Crippen molar-refractivity contribution in [3.05, 3.63) is 35.9 Å². The van der Waals surface area contributed by atoms with Gasteiger partial charge in [-0.15, -0.1) is 0 Å². The normalized spacial score (nSPS) is 17.6. The largest absolute Gasteiger partial charge is 0.474 e. The summed E-state index contributed by atoms with van der Waals surface area (Å²) in [6.07, 6.45) is -4.12. The van der Waals surface area contributed by atoms with Gasteiger partial charge in [0.2, 0.25) is 5.88 Å². The van der Waals surface area contributed by atoms with Crippen molar-refractivity contribution in [3.8, 4) is 17.0 Å². The highest BCUT2D eigenvalue weighted by atomic mass is 19.1. The van der Waals surface area contributed by atoms with E-state index in [2.05, 4.69) is 20.6 Å². The number of alkyl halides is 1. The van der Waals surface area contributed by atoms with Crippen molar-refractivity contribution in [3.63, 3.8) is 0 Å². The number of piperidine rings is 1. The maximum atomic E-state index is 16.5. The first-order valence-electron chi connectivity index (χ1n) is 16.2. The van der Waals surface area contributed by atoms with Crippen molar-refractivity contribution in [2.45, 2.75) is 78.4 Å². The minimum atomic E-state index is -1.68. The van der Waals surface area contributed by atoms with E-state index in [1.807, 2.05) is 0 Å². The quantitative estimate of drug-likeness (QED) is 0.240. The molecule has 5 rings (SSSR count). The molecule has 3 N–H and O–H groups in total. The molecule has 2 aliphatic rings. The molecule has 4 heterocycles. The van der Waals surface area contributed by atoms with E-state index < -0.39 is 53.7 Å². The van der Waals surface area contributed by atoms with Crippen molar-refractivity contribution >= 4 is 52.3 Å². The van der Waals surface area contributed by atoms with E-state index in [0.717, 1.165) is 4.90 Å². The van der Waals surface area contributed by atoms with Gasteiger partial charge in [0, 0.05) is 41.9 Å². The molecule has 0 aliphatic carbocycles. The number of amides is 4. The molecule has 1 aromatic carbocycles. The van der Waals surface area contributed by atoms with Crippen molar-refractivity contribution in [1.29, 1.82) is 0 Å². The number of fused-ring (bicyclic) bond motifs is 2. The lowest BCUT2D eigenvalue weighted by Crippen LogP contribution is -2.50. The molecule has 0 radical (unpaired) electrons. The second-order valence-electron chi connectivity index (χ2n) is 14.1. The minimum Gasteiger partial charge on any atom is -0.474 e. The zero-order valence-electron chi connectivity index (χ0n) is 29.3. The number of ether oxygens (including phenoxy) is 4. The van der Waals surface area contributed by atoms with Gasteiger partial charge in [0.05, 0.1) is 18.8 Å². The van der Waals surface area contributed by atoms with Crippen LogP contribution in [-0.4, -0.2) is 94.1 Å². The van der Waals surface area contributed by atoms with Crippen LogP contribution in [0.25, 0.3) is 21.9 Å². The maximum absolute atomic E-state index is 16.5. The molecule has 274 valence electrons. The van der Waals surface area contributed by atoms with Gasteiger partial charge in [-0.05, 0) is 71.5 Å². The first-order chi connectivity index (χ1) is 23.8. The van der Waals surface area contributed by atoms with Gasteiger partial charge in [0.15, 0.2) is 12.0 Å². The number of carbonyl (C=O) groups is 4. The molecule has 4 amide bonds. The van der Waals surface area contributed by atoms with Crippen LogP contribution in [0.5, 0.6) is 5.88 Å². The van der Waals surface area contributed by atoms with Crippen LogP contribution in [0.3, 0.4) is 0 Å². The highest BCUT2D eigenvalue weighted by Crippen LogP contribution is 2.42. The monoisotopic (exact) mass is 714 g/mol. The zero-order valence-corrected chi connectivity index (χ0v) is 29.3. The van der Waals surface area contributed by atoms with E-state index in [4.69, 9.17) is 18.9 Å². The van der Waals surface area contributed by atoms with Crippen molar-refractivity contribution < 1.29 is 52.0 Å². The van der Waals surface area contributed by atoms with Crippen molar-refractivity contribution in [2.24, 2.45) is 0 Å². The number of pyridine rings is 2. The van der Waals surface area contributed by atoms with Gasteiger partial charge in [-0.3, -0.25) is 15.5 Å². The third-order valence-corrected chi connectivity index (χ3v) is 7.83. The van der Waals surface area contributed by atoms with Gasteiger partial charge in [-0.2, -0.15) is 0 Å². The summed E-state index contributed by atoms with van der Waals surface area (Å²) in [6, 6.07) is 2.82. The molecule has 1 saturated heterocycles. The Balaban J connectivity index is 1.45. The summed E-state index contributed by atoms with van der Waals surface area (Å²) in [5, 5.41) is 15.1. The van der Waals surface area contributed by atoms with Crippen molar-refractivity contribution in [2.75, 3.05) is 41.8 Å². The minimum absolute atomic E-state index is 0.0276. The summed E-state index contributed by atoms with van der Waals surface area (Å²) in [5.41, 5.74) is -1.32. The molecule has 2 unspecified atom stereocenters. The van der Waals surface area contributed by atoms with Crippen LogP contribution in [0.2, 0.25) is 0 Å². The Morgan fingerprint density at radius 3 is 2.31 bits per heavy atom. The fourth-order valence-electron chi connectivity index (χ4n) is 5.64. The predicted octanol–water partition coefficient (Wildman–Crippen LogP) is 6.86. The van der Waals surface area contributed by atoms with Gasteiger partial charge in [-0.1, -0.05) is 0 Å². The SMILES string of the molecule is Cc1c(-c2cc3cc(NC(=O)OC4CCN(C(=O)OC(C)(C)C)CC4F)ncc3c(NC(=O)OC(C)(C)C)c2F)cnc2c1N(C(=O)O)CCO2. The molecule has 3 aromatic rings. The molecule has 0 saturated carbocycles. The van der Waals surface area contributed by atoms with Gasteiger partial charge in [0.1, 0.15) is 35.4 Å². The number of nitrogens with one attached hydrogen (secondary N) is 2. The Kier molecular flexibility index (Phi) is 10.1. The number of rotatable bonds is 4. The van der Waals surface area contributed by atoms with E-state index in [9.17, 15) is 24.3 Å². The topological polar surface area (TPSA) is 182 Å². The molecule has 1 fully saturated rings. The average molecular weight is 715 g/mol. The summed E-state index contributed by atoms with van der Waals surface area (Å²) in [6.45, 7) is 11.5. The molecule has 15 nitrogen and oxygen atoms in total. The molecule has 2 aromatic heterocycles. The first kappa shape index (κ1) is 36.8. The molecule has 17 heteroatoms. The van der Waals surface area contributed by atoms with Crippen molar-refractivity contribution in [1.82, 2.24) is 14.9 Å². The number of hydrogen-bond acceptors (Lipinski definition) is 10. The van der Waals surface area contributed by atoms with Gasteiger partial charge in [0.25, 0.3) is 0 Å². The number of halogens is 2. The number of aromatic nitrogens is 2. The van der Waals surface area contributed by atoms with E-state index in [1.165, 1.54) is 29.4 Å². The van der Waals surface area contributed by atoms with Crippen LogP contribution in [0.15, 0.2) is 24.5 Å². The Hall–Kier alpha value is -5.48. The standard InChI is InChI=1S/C34H40F2N6O9/c1-17-20(14-38-28-27(17)42(31(45)46)10-11-48-28)19-12-18-13-24(37-15-21(18)26(25(19)36)40-30(44)50-33(2,3)4)39-29(43)49-23-8-9-41(16-22(23)35)32(47)51-34(5,6)7/h12-15,22-23H,8-11,16H2,1-7H3,(H,40,44)(H,45,46)(H,37,39,43). The Bertz CT molecular complexity index is 1880. The van der Waals surface area contributed by atoms with Crippen LogP contribution in [-0.2, 0) is 14.2 Å². The van der Waals surface area contributed by atoms with Gasteiger partial charge in [-0.25, -0.2) is 37.9 Å². The number of carboxylic acid groups (broad SMARTS) is 1. The van der Waals surface area contributed by atoms with Crippen LogP contribution >= 0.6 is 0 Å².